The molecule has 3 aromatic rings. The van der Waals surface area contributed by atoms with E-state index in [1.54, 1.807) is 12.1 Å². The fraction of sp³-hybridized carbons (Fsp3) is 0.581. The number of carboxylic acids is 1. The number of hydrogen-bond donors (Lipinski definition) is 2. The van der Waals surface area contributed by atoms with Gasteiger partial charge >= 0.3 is 5.97 Å². The van der Waals surface area contributed by atoms with Gasteiger partial charge in [0, 0.05) is 53.7 Å². The summed E-state index contributed by atoms with van der Waals surface area (Å²) in [4.78, 5) is 19.9. The molecule has 55 heavy (non-hydrogen) atoms. The predicted molar refractivity (Wildman–Crippen MR) is 214 cm³/mol. The van der Waals surface area contributed by atoms with E-state index in [1.165, 1.54) is 22.4 Å². The van der Waals surface area contributed by atoms with Crippen LogP contribution in [-0.2, 0) is 32.9 Å². The van der Waals surface area contributed by atoms with Crippen LogP contribution < -0.4 is 19.5 Å². The Kier molecular flexibility index (Phi) is 10.8. The highest BCUT2D eigenvalue weighted by Crippen LogP contribution is 2.58. The van der Waals surface area contributed by atoms with Crippen molar-refractivity contribution in [1.82, 2.24) is 9.88 Å². The summed E-state index contributed by atoms with van der Waals surface area (Å²) in [7, 11) is -2.95. The molecule has 1 spiro atoms. The molecule has 296 valence electrons. The Morgan fingerprint density at radius 1 is 1.09 bits per heavy atom. The third-order valence-electron chi connectivity index (χ3n) is 13.3. The molecule has 1 saturated heterocycles. The van der Waals surface area contributed by atoms with Gasteiger partial charge in [0.15, 0.2) is 21.3 Å². The van der Waals surface area contributed by atoms with Gasteiger partial charge in [-0.25, -0.2) is 13.2 Å². The molecule has 1 aromatic heterocycles. The van der Waals surface area contributed by atoms with Crippen LogP contribution in [0.4, 0.5) is 5.69 Å². The summed E-state index contributed by atoms with van der Waals surface area (Å²) in [5.41, 5.74) is 4.32. The maximum atomic E-state index is 13.1. The van der Waals surface area contributed by atoms with Crippen LogP contribution in [0.5, 0.6) is 17.2 Å². The quantitative estimate of drug-likeness (QED) is 0.216. The number of ether oxygens (including phenoxy) is 3. The Labute approximate surface area is 330 Å². The van der Waals surface area contributed by atoms with E-state index in [0.717, 1.165) is 55.9 Å². The molecule has 2 aliphatic heterocycles. The average molecular weight is 792 g/mol. The molecular weight excluding hydrogens is 738 g/mol. The lowest BCUT2D eigenvalue weighted by atomic mass is 9.59. The number of nitrogens with one attached hydrogen (secondary N) is 1. The third-order valence-corrected chi connectivity index (χ3v) is 15.1. The van der Waals surface area contributed by atoms with Gasteiger partial charge in [-0.15, -0.1) is 0 Å². The van der Waals surface area contributed by atoms with Gasteiger partial charge in [-0.2, -0.15) is 0 Å². The number of nitrogens with zero attached hydrogens (tertiary/aromatic N) is 2. The summed E-state index contributed by atoms with van der Waals surface area (Å²) >= 11 is 6.31. The molecule has 2 aromatic carbocycles. The van der Waals surface area contributed by atoms with Crippen molar-refractivity contribution in [1.29, 1.82) is 0 Å². The Morgan fingerprint density at radius 2 is 1.84 bits per heavy atom. The van der Waals surface area contributed by atoms with Crippen molar-refractivity contribution >= 4 is 33.1 Å². The Balaban J connectivity index is 1.03. The molecule has 0 radical (unpaired) electrons. The smallest absolute Gasteiger partial charge is 0.329 e. The lowest BCUT2D eigenvalue weighted by molar-refractivity contribution is -0.144. The van der Waals surface area contributed by atoms with Gasteiger partial charge in [0.25, 0.3) is 0 Å². The number of rotatable bonds is 10. The Morgan fingerprint density at radius 3 is 2.56 bits per heavy atom. The fourth-order valence-corrected chi connectivity index (χ4v) is 11.7. The molecule has 1 saturated carbocycles. The monoisotopic (exact) mass is 791 g/mol. The lowest BCUT2D eigenvalue weighted by Crippen LogP contribution is -2.53. The largest absolute Gasteiger partial charge is 0.493 e. The third kappa shape index (κ3) is 7.90. The van der Waals surface area contributed by atoms with E-state index in [0.29, 0.717) is 81.1 Å². The molecule has 10 nitrogen and oxygen atoms in total. The first-order valence-corrected chi connectivity index (χ1v) is 22.4. The zero-order chi connectivity index (χ0) is 38.4. The van der Waals surface area contributed by atoms with Gasteiger partial charge in [-0.05, 0) is 128 Å². The zero-order valence-corrected chi connectivity index (χ0v) is 33.6. The van der Waals surface area contributed by atoms with Gasteiger partial charge in [-0.1, -0.05) is 31.5 Å². The maximum Gasteiger partial charge on any atom is 0.329 e. The molecule has 1 unspecified atom stereocenters. The van der Waals surface area contributed by atoms with Crippen molar-refractivity contribution in [3.8, 4) is 17.2 Å². The highest BCUT2D eigenvalue weighted by Gasteiger charge is 2.54. The predicted octanol–water partition coefficient (Wildman–Crippen LogP) is 7.32. The topological polar surface area (TPSA) is 127 Å². The molecular formula is C43H54ClN3O7S. The average Bonchev–Trinajstić information content (AvgIpc) is 3.28. The standard InChI is InChI=1S/C43H54ClN3O7S/c1-28(25-52-37-9-14-45-36-8-3-5-29(2)40(36)37)19-32-20-31-21-38-39(54-27-30(26-53-38)24-47-15-17-55(50,51)18-16-47)23-35(31)42(32)10-12-43(13-11-42,41(48)49)46-34-7-4-6-33(44)22-34/h4,6-7,9,14,21-23,28-30,32,46H,3,5,8,10-13,15-20,24-27H2,1-2H3,(H,48,49)/t28-,29-,30?,32+,42?,43?/m1/s1. The minimum Gasteiger partial charge on any atom is -0.493 e. The van der Waals surface area contributed by atoms with Gasteiger partial charge in [0.2, 0.25) is 0 Å². The van der Waals surface area contributed by atoms with E-state index in [9.17, 15) is 18.3 Å². The number of pyridine rings is 1. The van der Waals surface area contributed by atoms with E-state index in [1.807, 2.05) is 24.4 Å². The molecule has 12 heteroatoms. The van der Waals surface area contributed by atoms with Gasteiger partial charge in [0.05, 0.1) is 31.3 Å². The van der Waals surface area contributed by atoms with Crippen molar-refractivity contribution in [3.05, 3.63) is 76.1 Å². The summed E-state index contributed by atoms with van der Waals surface area (Å²) in [6.07, 6.45) is 9.40. The molecule has 2 N–H and O–H groups in total. The van der Waals surface area contributed by atoms with E-state index in [4.69, 9.17) is 25.8 Å². The summed E-state index contributed by atoms with van der Waals surface area (Å²) in [6.45, 7) is 7.96. The number of hydrogen-bond acceptors (Lipinski definition) is 9. The number of anilines is 1. The number of aromatic nitrogens is 1. The molecule has 3 heterocycles. The van der Waals surface area contributed by atoms with E-state index < -0.39 is 21.3 Å². The van der Waals surface area contributed by atoms with Crippen molar-refractivity contribution < 1.29 is 32.5 Å². The van der Waals surface area contributed by atoms with Crippen LogP contribution in [0.2, 0.25) is 5.02 Å². The number of aryl methyl sites for hydroxylation is 1. The number of halogens is 1. The summed E-state index contributed by atoms with van der Waals surface area (Å²) in [5.74, 6) is 3.12. The molecule has 5 aliphatic rings. The lowest BCUT2D eigenvalue weighted by Gasteiger charge is -2.47. The second-order valence-corrected chi connectivity index (χ2v) is 19.8. The van der Waals surface area contributed by atoms with Crippen molar-refractivity contribution in [2.24, 2.45) is 17.8 Å². The summed E-state index contributed by atoms with van der Waals surface area (Å²) in [5, 5.41) is 14.7. The highest BCUT2D eigenvalue weighted by molar-refractivity contribution is 7.91. The zero-order valence-electron chi connectivity index (χ0n) is 32.0. The SMILES string of the molecule is C[C@@H](COc1ccnc2c1[C@H](C)CCC2)C[C@H]1Cc2cc3c(cc2C12CCC(Nc1cccc(Cl)c1)(C(=O)O)CC2)OCC(CN1CCS(=O)(=O)CC1)CO3. The number of aliphatic carboxylic acids is 1. The summed E-state index contributed by atoms with van der Waals surface area (Å²) in [6, 6.07) is 13.7. The second-order valence-electron chi connectivity index (χ2n) is 17.1. The number of benzene rings is 2. The first-order chi connectivity index (χ1) is 26.4. The van der Waals surface area contributed by atoms with Crippen LogP contribution in [0, 0.1) is 17.8 Å². The minimum absolute atomic E-state index is 0.114. The number of carboxylic acid groups (broad SMARTS) is 1. The van der Waals surface area contributed by atoms with E-state index >= 15 is 0 Å². The van der Waals surface area contributed by atoms with Crippen LogP contribution >= 0.6 is 11.6 Å². The van der Waals surface area contributed by atoms with Crippen molar-refractivity contribution in [2.75, 3.05) is 56.3 Å². The van der Waals surface area contributed by atoms with Crippen LogP contribution in [0.15, 0.2) is 48.7 Å². The van der Waals surface area contributed by atoms with E-state index in [2.05, 4.69) is 41.2 Å². The van der Waals surface area contributed by atoms with E-state index in [-0.39, 0.29) is 28.8 Å². The molecule has 3 aliphatic carbocycles. The Hall–Kier alpha value is -3.54. The first-order valence-electron chi connectivity index (χ1n) is 20.2. The van der Waals surface area contributed by atoms with Crippen molar-refractivity contribution in [3.63, 3.8) is 0 Å². The normalized spacial score (nSPS) is 29.1. The first kappa shape index (κ1) is 38.3. The van der Waals surface area contributed by atoms with Crippen LogP contribution in [-0.4, -0.2) is 85.9 Å². The molecule has 8 rings (SSSR count). The van der Waals surface area contributed by atoms with Gasteiger partial charge < -0.3 is 29.5 Å². The molecule has 2 fully saturated rings. The molecule has 4 atom stereocenters. The number of carbonyl (C=O) groups is 1. The second kappa shape index (κ2) is 15.4. The number of sulfone groups is 1. The van der Waals surface area contributed by atoms with Crippen LogP contribution in [0.25, 0.3) is 0 Å². The number of fused-ring (bicyclic) bond motifs is 4. The van der Waals surface area contributed by atoms with Crippen LogP contribution in [0.1, 0.15) is 87.1 Å². The van der Waals surface area contributed by atoms with Crippen LogP contribution in [0.3, 0.4) is 0 Å². The molecule has 0 bridgehead atoms. The van der Waals surface area contributed by atoms with Gasteiger partial charge in [0.1, 0.15) is 11.3 Å². The molecule has 0 amide bonds. The van der Waals surface area contributed by atoms with Crippen molar-refractivity contribution in [2.45, 2.75) is 88.5 Å². The Bertz CT molecular complexity index is 2000. The summed E-state index contributed by atoms with van der Waals surface area (Å²) < 4.78 is 43.5. The fourth-order valence-electron chi connectivity index (χ4n) is 10.2. The maximum absolute atomic E-state index is 13.1. The highest BCUT2D eigenvalue weighted by atomic mass is 35.5. The minimum atomic E-state index is -2.95. The van der Waals surface area contributed by atoms with Gasteiger partial charge in [-0.3, -0.25) is 4.98 Å².